The number of nitrogens with zero attached hydrogens (tertiary/aromatic N) is 3. The average molecular weight is 496 g/mol. The highest BCUT2D eigenvalue weighted by Gasteiger charge is 2.33. The lowest BCUT2D eigenvalue weighted by Crippen LogP contribution is -2.41. The van der Waals surface area contributed by atoms with Gasteiger partial charge in [-0.3, -0.25) is 4.90 Å². The molecule has 0 saturated carbocycles. The molecular weight excluding hydrogens is 458 g/mol. The largest absolute Gasteiger partial charge is 0.398 e. The lowest BCUT2D eigenvalue weighted by molar-refractivity contribution is 0.169. The molecule has 2 aliphatic rings. The van der Waals surface area contributed by atoms with Crippen molar-refractivity contribution in [1.29, 1.82) is 10.7 Å². The summed E-state index contributed by atoms with van der Waals surface area (Å²) in [5, 5.41) is 23.4. The molecule has 192 valence electrons. The van der Waals surface area contributed by atoms with Crippen LogP contribution in [-0.2, 0) is 6.42 Å². The van der Waals surface area contributed by atoms with Gasteiger partial charge in [0.1, 0.15) is 11.9 Å². The van der Waals surface area contributed by atoms with Gasteiger partial charge in [0, 0.05) is 56.4 Å². The highest BCUT2D eigenvalue weighted by molar-refractivity contribution is 5.77. The monoisotopic (exact) mass is 495 g/mol. The molecule has 0 radical (unpaired) electrons. The van der Waals surface area contributed by atoms with E-state index in [-0.39, 0.29) is 0 Å². The van der Waals surface area contributed by atoms with Gasteiger partial charge in [0.2, 0.25) is 0 Å². The summed E-state index contributed by atoms with van der Waals surface area (Å²) in [6.45, 7) is 13.3. The maximum atomic E-state index is 9.06. The van der Waals surface area contributed by atoms with Crippen molar-refractivity contribution in [2.45, 2.75) is 38.5 Å². The topological polar surface area (TPSA) is 114 Å². The Bertz CT molecular complexity index is 1280. The summed E-state index contributed by atoms with van der Waals surface area (Å²) in [5.41, 5.74) is 15.5. The van der Waals surface area contributed by atoms with E-state index in [9.17, 15) is 0 Å². The Morgan fingerprint density at radius 1 is 1.38 bits per heavy atom. The Balaban J connectivity index is 1.53. The minimum atomic E-state index is 0.350. The highest BCUT2D eigenvalue weighted by Crippen LogP contribution is 2.41. The quantitative estimate of drug-likeness (QED) is 0.365. The van der Waals surface area contributed by atoms with E-state index in [0.717, 1.165) is 50.0 Å². The van der Waals surface area contributed by atoms with E-state index in [1.807, 2.05) is 13.1 Å². The first kappa shape index (κ1) is 26.2. The van der Waals surface area contributed by atoms with Gasteiger partial charge in [-0.2, -0.15) is 5.26 Å². The van der Waals surface area contributed by atoms with Crippen LogP contribution in [-0.4, -0.2) is 42.8 Å². The number of likely N-dealkylation sites (tertiary alicyclic amines) is 1. The first-order valence-electron chi connectivity index (χ1n) is 12.8. The number of rotatable bonds is 9. The number of hydrogen-bond donors (Lipinski definition) is 4. The molecule has 2 unspecified atom stereocenters. The lowest BCUT2D eigenvalue weighted by atomic mass is 9.76. The molecule has 37 heavy (non-hydrogen) atoms. The van der Waals surface area contributed by atoms with E-state index < -0.39 is 0 Å². The molecule has 5 N–H and O–H groups in total. The summed E-state index contributed by atoms with van der Waals surface area (Å²) in [5.74, 6) is 1.44. The zero-order valence-corrected chi connectivity index (χ0v) is 21.9. The van der Waals surface area contributed by atoms with Crippen molar-refractivity contribution in [1.82, 2.24) is 15.2 Å². The van der Waals surface area contributed by atoms with Crippen molar-refractivity contribution in [2.75, 3.05) is 37.7 Å². The van der Waals surface area contributed by atoms with Crippen LogP contribution in [0.4, 0.5) is 11.5 Å². The first-order chi connectivity index (χ1) is 17.8. The molecule has 1 fully saturated rings. The molecule has 4 rings (SSSR count). The Labute approximate surface area is 220 Å². The fraction of sp³-hybridized carbons (Fsp3) is 0.367. The third-order valence-electron chi connectivity index (χ3n) is 7.85. The van der Waals surface area contributed by atoms with Crippen LogP contribution >= 0.6 is 0 Å². The molecule has 2 heterocycles. The molecule has 7 heteroatoms. The second-order valence-corrected chi connectivity index (χ2v) is 10.1. The Morgan fingerprint density at radius 3 is 2.89 bits per heavy atom. The Kier molecular flexibility index (Phi) is 8.10. The van der Waals surface area contributed by atoms with Crippen LogP contribution in [0.25, 0.3) is 5.57 Å². The number of nitrogen functional groups attached to an aromatic ring is 1. The zero-order valence-electron chi connectivity index (χ0n) is 21.9. The van der Waals surface area contributed by atoms with E-state index in [4.69, 9.17) is 16.4 Å². The van der Waals surface area contributed by atoms with Crippen molar-refractivity contribution < 1.29 is 0 Å². The summed E-state index contributed by atoms with van der Waals surface area (Å²) in [6.07, 6.45) is 8.81. The predicted molar refractivity (Wildman–Crippen MR) is 152 cm³/mol. The van der Waals surface area contributed by atoms with Crippen LogP contribution in [0.1, 0.15) is 53.0 Å². The van der Waals surface area contributed by atoms with Crippen LogP contribution in [0.3, 0.4) is 0 Å². The van der Waals surface area contributed by atoms with Crippen molar-refractivity contribution in [3.05, 3.63) is 82.8 Å². The van der Waals surface area contributed by atoms with E-state index in [0.29, 0.717) is 35.4 Å². The van der Waals surface area contributed by atoms with Gasteiger partial charge in [-0.15, -0.1) is 0 Å². The summed E-state index contributed by atoms with van der Waals surface area (Å²) < 4.78 is 0. The highest BCUT2D eigenvalue weighted by atomic mass is 15.1. The molecule has 1 aromatic carbocycles. The van der Waals surface area contributed by atoms with E-state index >= 15 is 0 Å². The van der Waals surface area contributed by atoms with Gasteiger partial charge in [0.05, 0.1) is 11.3 Å². The SMILES string of the molecule is C=C(CC1CCN(C/C(C=N)=C/Nc2cc(N)c(C#N)cn2)CC1c1ccc2c(c1C)CCC2=C)NC. The second kappa shape index (κ2) is 11.4. The molecule has 1 aliphatic carbocycles. The van der Waals surface area contributed by atoms with Crippen molar-refractivity contribution >= 4 is 23.3 Å². The van der Waals surface area contributed by atoms with Crippen LogP contribution in [0.15, 0.2) is 55.0 Å². The van der Waals surface area contributed by atoms with E-state index in [1.54, 1.807) is 12.3 Å². The minimum Gasteiger partial charge on any atom is -0.398 e. The van der Waals surface area contributed by atoms with Crippen molar-refractivity contribution in [2.24, 2.45) is 5.92 Å². The average Bonchev–Trinajstić information content (AvgIpc) is 3.29. The Morgan fingerprint density at radius 2 is 2.19 bits per heavy atom. The summed E-state index contributed by atoms with van der Waals surface area (Å²) >= 11 is 0. The molecule has 7 nitrogen and oxygen atoms in total. The van der Waals surface area contributed by atoms with Gasteiger partial charge in [-0.25, -0.2) is 4.98 Å². The maximum Gasteiger partial charge on any atom is 0.131 e. The number of nitriles is 1. The number of nitrogens with one attached hydrogen (secondary N) is 3. The number of allylic oxidation sites excluding steroid dienone is 2. The first-order valence-corrected chi connectivity index (χ1v) is 12.8. The number of hydrogen-bond acceptors (Lipinski definition) is 7. The number of pyridine rings is 1. The third-order valence-corrected chi connectivity index (χ3v) is 7.85. The molecule has 0 bridgehead atoms. The van der Waals surface area contributed by atoms with Crippen LogP contribution in [0, 0.1) is 29.6 Å². The number of anilines is 2. The molecule has 2 aromatic rings. The normalized spacial score (nSPS) is 19.7. The second-order valence-electron chi connectivity index (χ2n) is 10.1. The number of benzene rings is 1. The van der Waals surface area contributed by atoms with Gasteiger partial charge in [0.15, 0.2) is 0 Å². The molecule has 0 amide bonds. The van der Waals surface area contributed by atoms with Gasteiger partial charge in [0.25, 0.3) is 0 Å². The number of fused-ring (bicyclic) bond motifs is 1. The fourth-order valence-corrected chi connectivity index (χ4v) is 5.67. The predicted octanol–water partition coefficient (Wildman–Crippen LogP) is 4.98. The van der Waals surface area contributed by atoms with E-state index in [2.05, 4.69) is 52.7 Å². The summed E-state index contributed by atoms with van der Waals surface area (Å²) in [6, 6.07) is 8.26. The molecule has 1 aromatic heterocycles. The van der Waals surface area contributed by atoms with Crippen molar-refractivity contribution in [3.63, 3.8) is 0 Å². The zero-order chi connectivity index (χ0) is 26.5. The third kappa shape index (κ3) is 5.76. The molecular formula is C30H37N7. The lowest BCUT2D eigenvalue weighted by Gasteiger charge is -2.40. The molecule has 1 aliphatic heterocycles. The van der Waals surface area contributed by atoms with E-state index in [1.165, 1.54) is 40.2 Å². The van der Waals surface area contributed by atoms with Gasteiger partial charge in [-0.05, 0) is 78.5 Å². The number of piperidine rings is 1. The van der Waals surface area contributed by atoms with Gasteiger partial charge < -0.3 is 21.8 Å². The fourth-order valence-electron chi connectivity index (χ4n) is 5.67. The summed E-state index contributed by atoms with van der Waals surface area (Å²) in [7, 11) is 1.95. The number of aromatic nitrogens is 1. The van der Waals surface area contributed by atoms with Crippen LogP contribution < -0.4 is 16.4 Å². The van der Waals surface area contributed by atoms with Crippen LogP contribution in [0.2, 0.25) is 0 Å². The Hall–Kier alpha value is -3.89. The number of nitrogens with two attached hydrogens (primary N) is 1. The van der Waals surface area contributed by atoms with Crippen molar-refractivity contribution in [3.8, 4) is 6.07 Å². The smallest absolute Gasteiger partial charge is 0.131 e. The maximum absolute atomic E-state index is 9.06. The minimum absolute atomic E-state index is 0.350. The van der Waals surface area contributed by atoms with Crippen LogP contribution in [0.5, 0.6) is 0 Å². The molecule has 2 atom stereocenters. The van der Waals surface area contributed by atoms with Gasteiger partial charge >= 0.3 is 0 Å². The molecule has 1 saturated heterocycles. The standard InChI is InChI=1S/C30H37N7/c1-19-5-6-26-21(3)27(8-7-25(19)26)28-18-37(10-9-23(28)11-20(2)34-4)17-22(13-31)15-35-30-12-29(33)24(14-32)16-36-30/h7-8,12-13,15-16,23,28,31,34H,1-2,5-6,9-11,17-18H2,3-4H3,(H3,33,35,36)/b22-15+,31-13?. The summed E-state index contributed by atoms with van der Waals surface area (Å²) in [4.78, 5) is 6.68. The molecule has 0 spiro atoms. The van der Waals surface area contributed by atoms with Gasteiger partial charge in [-0.1, -0.05) is 25.3 Å².